The van der Waals surface area contributed by atoms with Crippen molar-refractivity contribution in [1.82, 2.24) is 5.32 Å². The van der Waals surface area contributed by atoms with E-state index < -0.39 is 47.7 Å². The molecule has 2 aliphatic heterocycles. The number of carboxylic acid groups (broad SMARTS) is 3. The van der Waals surface area contributed by atoms with Gasteiger partial charge in [-0.15, -0.1) is 0 Å². The zero-order chi connectivity index (χ0) is 18.7. The molecule has 0 saturated carbocycles. The molecule has 2 aliphatic rings. The summed E-state index contributed by atoms with van der Waals surface area (Å²) in [6.45, 7) is -0.450. The number of rotatable bonds is 4. The lowest BCUT2D eigenvalue weighted by molar-refractivity contribution is -0.163. The van der Waals surface area contributed by atoms with Crippen molar-refractivity contribution in [3.63, 3.8) is 0 Å². The average Bonchev–Trinajstić information content (AvgIpc) is 2.89. The predicted molar refractivity (Wildman–Crippen MR) is 77.7 cm³/mol. The quantitative estimate of drug-likeness (QED) is 0.355. The highest BCUT2D eigenvalue weighted by atomic mass is 32.2. The predicted octanol–water partition coefficient (Wildman–Crippen LogP) is -0.895. The number of thioether (sulfide) groups is 1. The van der Waals surface area contributed by atoms with Crippen LogP contribution in [0.5, 0.6) is 0 Å². The van der Waals surface area contributed by atoms with Gasteiger partial charge < -0.3 is 30.1 Å². The number of carboxylic acids is 3. The lowest BCUT2D eigenvalue weighted by Gasteiger charge is -2.26. The monoisotopic (exact) mass is 373 g/mol. The van der Waals surface area contributed by atoms with Crippen LogP contribution in [-0.2, 0) is 33.4 Å². The van der Waals surface area contributed by atoms with Gasteiger partial charge in [0.15, 0.2) is 5.44 Å². The van der Waals surface area contributed by atoms with Gasteiger partial charge in [-0.25, -0.2) is 19.2 Å². The van der Waals surface area contributed by atoms with Gasteiger partial charge in [-0.2, -0.15) is 0 Å². The van der Waals surface area contributed by atoms with Gasteiger partial charge in [0, 0.05) is 5.92 Å². The second kappa shape index (κ2) is 7.25. The van der Waals surface area contributed by atoms with Crippen LogP contribution in [0.4, 0.5) is 0 Å². The molecule has 0 spiro atoms. The van der Waals surface area contributed by atoms with Gasteiger partial charge in [0.1, 0.15) is 12.4 Å². The first-order valence-corrected chi connectivity index (χ1v) is 7.52. The van der Waals surface area contributed by atoms with E-state index in [0.717, 1.165) is 11.8 Å². The van der Waals surface area contributed by atoms with E-state index in [2.05, 4.69) is 4.74 Å². The van der Waals surface area contributed by atoms with Crippen molar-refractivity contribution in [2.75, 3.05) is 6.61 Å². The van der Waals surface area contributed by atoms with Crippen LogP contribution >= 0.6 is 11.8 Å². The third-order valence-corrected chi connectivity index (χ3v) is 4.43. The maximum absolute atomic E-state index is 11.4. The van der Waals surface area contributed by atoms with Gasteiger partial charge in [-0.1, -0.05) is 11.8 Å². The van der Waals surface area contributed by atoms with Crippen molar-refractivity contribution in [2.24, 2.45) is 5.92 Å². The normalized spacial score (nSPS) is 21.5. The van der Waals surface area contributed by atoms with Crippen molar-refractivity contribution in [3.8, 4) is 0 Å². The molecule has 0 aromatic heterocycles. The summed E-state index contributed by atoms with van der Waals surface area (Å²) in [5.74, 6) is -8.26. The number of hydrogen-bond acceptors (Lipinski definition) is 8. The molecule has 0 aromatic carbocycles. The van der Waals surface area contributed by atoms with Crippen LogP contribution in [0.1, 0.15) is 6.42 Å². The van der Waals surface area contributed by atoms with Gasteiger partial charge in [-0.05, 0) is 12.5 Å². The molecule has 25 heavy (non-hydrogen) atoms. The second-order valence-corrected chi connectivity index (χ2v) is 5.91. The molecule has 134 valence electrons. The Morgan fingerprint density at radius 2 is 1.88 bits per heavy atom. The molecule has 2 heterocycles. The number of amides is 1. The lowest BCUT2D eigenvalue weighted by Crippen LogP contribution is -2.30. The first-order chi connectivity index (χ1) is 11.7. The third-order valence-electron chi connectivity index (χ3n) is 3.22. The number of hydrogen-bond donors (Lipinski definition) is 4. The molecule has 12 heteroatoms. The van der Waals surface area contributed by atoms with Gasteiger partial charge in [-0.3, -0.25) is 4.79 Å². The molecule has 0 aliphatic carbocycles. The molecule has 1 amide bonds. The molecule has 11 nitrogen and oxygen atoms in total. The van der Waals surface area contributed by atoms with E-state index >= 15 is 0 Å². The number of nitrogens with one attached hydrogen (secondary N) is 1. The van der Waals surface area contributed by atoms with Crippen LogP contribution in [0.25, 0.3) is 0 Å². The molecule has 0 bridgehead atoms. The topological polar surface area (TPSA) is 177 Å². The van der Waals surface area contributed by atoms with Crippen molar-refractivity contribution >= 4 is 41.5 Å². The van der Waals surface area contributed by atoms with Crippen LogP contribution in [-0.4, -0.2) is 57.1 Å². The Balaban J connectivity index is 2.08. The van der Waals surface area contributed by atoms with E-state index in [1.54, 1.807) is 0 Å². The minimum atomic E-state index is -1.77. The molecule has 0 fully saturated rings. The molecule has 2 unspecified atom stereocenters. The number of carbonyl (C=O) groups is 5. The first-order valence-electron chi connectivity index (χ1n) is 6.64. The van der Waals surface area contributed by atoms with Crippen LogP contribution < -0.4 is 5.32 Å². The number of carbonyl (C=O) groups excluding carboxylic acids is 2. The fourth-order valence-electron chi connectivity index (χ4n) is 2.16. The minimum absolute atomic E-state index is 0.124. The Morgan fingerprint density at radius 1 is 1.20 bits per heavy atom. The Kier molecular flexibility index (Phi) is 5.32. The maximum Gasteiger partial charge on any atom is 0.417 e. The number of allylic oxidation sites excluding steroid dienone is 1. The fraction of sp³-hybridized carbons (Fsp3) is 0.308. The summed E-state index contributed by atoms with van der Waals surface area (Å²) in [7, 11) is 0. The van der Waals surface area contributed by atoms with Gasteiger partial charge in [0.05, 0.1) is 10.6 Å². The summed E-state index contributed by atoms with van der Waals surface area (Å²) in [5.41, 5.74) is -0.985. The zero-order valence-electron chi connectivity index (χ0n) is 12.3. The molecule has 2 atom stereocenters. The molecule has 2 rings (SSSR count). The second-order valence-electron chi connectivity index (χ2n) is 4.81. The summed E-state index contributed by atoms with van der Waals surface area (Å²) < 4.78 is 9.91. The Morgan fingerprint density at radius 3 is 2.44 bits per heavy atom. The average molecular weight is 373 g/mol. The van der Waals surface area contributed by atoms with Crippen LogP contribution in [0.3, 0.4) is 0 Å². The van der Waals surface area contributed by atoms with E-state index in [-0.39, 0.29) is 22.8 Å². The van der Waals surface area contributed by atoms with Crippen molar-refractivity contribution < 1.29 is 48.8 Å². The van der Waals surface area contributed by atoms with E-state index in [1.807, 2.05) is 5.32 Å². The fourth-order valence-corrected chi connectivity index (χ4v) is 3.49. The van der Waals surface area contributed by atoms with Gasteiger partial charge >= 0.3 is 29.8 Å². The summed E-state index contributed by atoms with van der Waals surface area (Å²) in [6, 6.07) is 0. The number of esters is 1. The Bertz CT molecular complexity index is 724. The van der Waals surface area contributed by atoms with E-state index in [4.69, 9.17) is 14.9 Å². The molecule has 0 radical (unpaired) electrons. The molecule has 0 aromatic rings. The van der Waals surface area contributed by atoms with E-state index in [1.165, 1.54) is 6.08 Å². The van der Waals surface area contributed by atoms with Crippen LogP contribution in [0, 0.1) is 5.92 Å². The number of aliphatic carboxylic acids is 3. The highest BCUT2D eigenvalue weighted by Crippen LogP contribution is 2.46. The number of ether oxygens (including phenoxy) is 2. The first kappa shape index (κ1) is 18.3. The van der Waals surface area contributed by atoms with Crippen LogP contribution in [0.2, 0.25) is 0 Å². The smallest absolute Gasteiger partial charge is 0.417 e. The van der Waals surface area contributed by atoms with E-state index in [0.29, 0.717) is 0 Å². The SMILES string of the molecule is O=C(O)C(=O)NC1=C(C(=O)O)C2CC=C(COC(=O)C(=O)O)OC2S1. The molecular formula is C13H11NO10S. The highest BCUT2D eigenvalue weighted by Gasteiger charge is 2.43. The molecular weight excluding hydrogens is 362 g/mol. The lowest BCUT2D eigenvalue weighted by atomic mass is 9.95. The Labute approximate surface area is 143 Å². The largest absolute Gasteiger partial charge is 0.480 e. The van der Waals surface area contributed by atoms with E-state index in [9.17, 15) is 29.1 Å². The van der Waals surface area contributed by atoms with Gasteiger partial charge in [0.25, 0.3) is 0 Å². The van der Waals surface area contributed by atoms with Crippen molar-refractivity contribution in [2.45, 2.75) is 11.9 Å². The maximum atomic E-state index is 11.4. The van der Waals surface area contributed by atoms with Crippen LogP contribution in [0.15, 0.2) is 22.4 Å². The Hall–Kier alpha value is -3.02. The highest BCUT2D eigenvalue weighted by molar-refractivity contribution is 8.03. The minimum Gasteiger partial charge on any atom is -0.480 e. The van der Waals surface area contributed by atoms with Crippen molar-refractivity contribution in [3.05, 3.63) is 22.4 Å². The van der Waals surface area contributed by atoms with Gasteiger partial charge in [0.2, 0.25) is 0 Å². The summed E-state index contributed by atoms with van der Waals surface area (Å²) in [6.07, 6.45) is 1.59. The molecule has 4 N–H and O–H groups in total. The summed E-state index contributed by atoms with van der Waals surface area (Å²) in [5, 5.41) is 28.2. The van der Waals surface area contributed by atoms with Crippen molar-refractivity contribution in [1.29, 1.82) is 0 Å². The standard InChI is InChI=1S/C13H11NO10S/c15-7(10(18)19)14-8-6(9(16)17)5-2-1-4(24-13(5)25-8)3-23-12(22)11(20)21/h1,5,13H,2-3H2,(H,14,15)(H,16,17)(H,18,19)(H,20,21). The molecule has 0 saturated heterocycles. The zero-order valence-corrected chi connectivity index (χ0v) is 13.1. The summed E-state index contributed by atoms with van der Waals surface area (Å²) in [4.78, 5) is 54.5. The third kappa shape index (κ3) is 4.09. The summed E-state index contributed by atoms with van der Waals surface area (Å²) >= 11 is 0.805. The number of fused-ring (bicyclic) bond motifs is 1.